The Hall–Kier alpha value is -4.06. The number of nitrogens with zero attached hydrogens (tertiary/aromatic N) is 1. The fraction of sp³-hybridized carbons (Fsp3) is 0.0833. The Morgan fingerprint density at radius 3 is 2.13 bits per heavy atom. The normalized spacial score (nSPS) is 10.5. The van der Waals surface area contributed by atoms with E-state index in [0.717, 1.165) is 16.8 Å². The molecule has 4 rings (SSSR count). The van der Waals surface area contributed by atoms with Gasteiger partial charge in [0.2, 0.25) is 5.89 Å². The lowest BCUT2D eigenvalue weighted by Gasteiger charge is -2.08. The minimum absolute atomic E-state index is 0.108. The van der Waals surface area contributed by atoms with Gasteiger partial charge in [-0.15, -0.1) is 0 Å². The summed E-state index contributed by atoms with van der Waals surface area (Å²) in [7, 11) is 0. The second-order valence-corrected chi connectivity index (χ2v) is 6.44. The Morgan fingerprint density at radius 1 is 0.833 bits per heavy atom. The van der Waals surface area contributed by atoms with Gasteiger partial charge in [-0.2, -0.15) is 0 Å². The van der Waals surface area contributed by atoms with Gasteiger partial charge in [0.25, 0.3) is 0 Å². The lowest BCUT2D eigenvalue weighted by atomic mass is 10.1. The van der Waals surface area contributed by atoms with Crippen molar-refractivity contribution in [3.63, 3.8) is 0 Å². The van der Waals surface area contributed by atoms with E-state index in [1.165, 1.54) is 0 Å². The van der Waals surface area contributed by atoms with E-state index in [9.17, 15) is 9.90 Å². The first-order valence-corrected chi connectivity index (χ1v) is 9.35. The molecule has 6 heteroatoms. The van der Waals surface area contributed by atoms with E-state index in [0.29, 0.717) is 23.1 Å². The van der Waals surface area contributed by atoms with Crippen LogP contribution in [0.15, 0.2) is 89.3 Å². The Balaban J connectivity index is 1.56. The van der Waals surface area contributed by atoms with Gasteiger partial charge in [0.15, 0.2) is 12.4 Å². The highest BCUT2D eigenvalue weighted by Gasteiger charge is 2.17. The first-order chi connectivity index (χ1) is 14.7. The number of oxazole rings is 1. The van der Waals surface area contributed by atoms with Gasteiger partial charge in [0.1, 0.15) is 23.8 Å². The van der Waals surface area contributed by atoms with Gasteiger partial charge in [0, 0.05) is 17.2 Å². The second kappa shape index (κ2) is 8.96. The maximum atomic E-state index is 10.5. The zero-order chi connectivity index (χ0) is 20.8. The van der Waals surface area contributed by atoms with Crippen molar-refractivity contribution in [3.05, 3.63) is 90.8 Å². The fourth-order valence-electron chi connectivity index (χ4n) is 2.94. The Labute approximate surface area is 173 Å². The molecule has 1 aromatic heterocycles. The number of aliphatic carboxylic acids is 1. The molecule has 0 N–H and O–H groups in total. The molecule has 0 aliphatic carbocycles. The summed E-state index contributed by atoms with van der Waals surface area (Å²) in [5.41, 5.74) is 2.61. The Bertz CT molecular complexity index is 1070. The number of hydrogen-bond acceptors (Lipinski definition) is 6. The molecule has 0 radical (unpaired) electrons. The summed E-state index contributed by atoms with van der Waals surface area (Å²) in [5, 5.41) is 10.5. The first kappa shape index (κ1) is 19.3. The van der Waals surface area contributed by atoms with E-state index in [4.69, 9.17) is 13.9 Å². The predicted octanol–water partition coefficient (Wildman–Crippen LogP) is 3.72. The molecule has 0 amide bonds. The van der Waals surface area contributed by atoms with Crippen LogP contribution in [0.5, 0.6) is 11.5 Å². The van der Waals surface area contributed by atoms with Crippen LogP contribution in [-0.4, -0.2) is 17.6 Å². The predicted molar refractivity (Wildman–Crippen MR) is 109 cm³/mol. The average molecular weight is 400 g/mol. The first-order valence-electron chi connectivity index (χ1n) is 9.35. The van der Waals surface area contributed by atoms with Crippen LogP contribution in [-0.2, 0) is 11.4 Å². The Morgan fingerprint density at radius 2 is 1.47 bits per heavy atom. The van der Waals surface area contributed by atoms with Crippen LogP contribution >= 0.6 is 0 Å². The van der Waals surface area contributed by atoms with Gasteiger partial charge in [-0.05, 0) is 12.1 Å². The number of rotatable bonds is 8. The van der Waals surface area contributed by atoms with Gasteiger partial charge in [0.05, 0.1) is 5.97 Å². The average Bonchev–Trinajstić information content (AvgIpc) is 3.22. The van der Waals surface area contributed by atoms with Gasteiger partial charge in [-0.3, -0.25) is 0 Å². The standard InChI is InChI=1S/C24H19NO5/c26-22(27)16-29-20-13-7-12-19(14-20)28-15-21-25-23(17-8-3-1-4-9-17)24(30-21)18-10-5-2-6-11-18/h1-14H,15-16H2,(H,26,27)/p-1. The summed E-state index contributed by atoms with van der Waals surface area (Å²) < 4.78 is 16.9. The smallest absolute Gasteiger partial charge is 0.233 e. The largest absolute Gasteiger partial charge is 0.546 e. The second-order valence-electron chi connectivity index (χ2n) is 6.44. The van der Waals surface area contributed by atoms with Crippen LogP contribution in [0.3, 0.4) is 0 Å². The molecule has 0 aliphatic rings. The van der Waals surface area contributed by atoms with Gasteiger partial charge < -0.3 is 23.8 Å². The van der Waals surface area contributed by atoms with Crippen LogP contribution in [0.4, 0.5) is 0 Å². The van der Waals surface area contributed by atoms with Crippen LogP contribution < -0.4 is 14.6 Å². The fourth-order valence-corrected chi connectivity index (χ4v) is 2.94. The molecule has 0 atom stereocenters. The van der Waals surface area contributed by atoms with Gasteiger partial charge in [-0.1, -0.05) is 66.7 Å². The van der Waals surface area contributed by atoms with Crippen molar-refractivity contribution < 1.29 is 23.8 Å². The monoisotopic (exact) mass is 400 g/mol. The van der Waals surface area contributed by atoms with Crippen molar-refractivity contribution >= 4 is 5.97 Å². The van der Waals surface area contributed by atoms with Crippen molar-refractivity contribution in [1.29, 1.82) is 0 Å². The molecule has 0 fully saturated rings. The molecule has 1 heterocycles. The third-order valence-electron chi connectivity index (χ3n) is 4.28. The number of hydrogen-bond donors (Lipinski definition) is 0. The highest BCUT2D eigenvalue weighted by molar-refractivity contribution is 5.76. The maximum Gasteiger partial charge on any atom is 0.233 e. The number of carboxylic acids is 1. The van der Waals surface area contributed by atoms with E-state index in [1.807, 2.05) is 60.7 Å². The van der Waals surface area contributed by atoms with Crippen molar-refractivity contribution in [2.45, 2.75) is 6.61 Å². The van der Waals surface area contributed by atoms with Gasteiger partial charge in [-0.25, -0.2) is 4.98 Å². The summed E-state index contributed by atoms with van der Waals surface area (Å²) in [6.45, 7) is -0.416. The number of benzene rings is 3. The van der Waals surface area contributed by atoms with E-state index in [-0.39, 0.29) is 6.61 Å². The van der Waals surface area contributed by atoms with Crippen molar-refractivity contribution in [3.8, 4) is 34.1 Å². The highest BCUT2D eigenvalue weighted by atomic mass is 16.5. The molecule has 0 unspecified atom stereocenters. The van der Waals surface area contributed by atoms with Crippen molar-refractivity contribution in [2.75, 3.05) is 6.61 Å². The van der Waals surface area contributed by atoms with Crippen molar-refractivity contribution in [2.24, 2.45) is 0 Å². The van der Waals surface area contributed by atoms with Crippen LogP contribution in [0, 0.1) is 0 Å². The third-order valence-corrected chi connectivity index (χ3v) is 4.28. The zero-order valence-corrected chi connectivity index (χ0v) is 16.0. The lowest BCUT2D eigenvalue weighted by Crippen LogP contribution is -2.28. The topological polar surface area (TPSA) is 84.6 Å². The van der Waals surface area contributed by atoms with Crippen LogP contribution in [0.2, 0.25) is 0 Å². The van der Waals surface area contributed by atoms with Gasteiger partial charge >= 0.3 is 0 Å². The molecule has 0 bridgehead atoms. The number of carbonyl (C=O) groups is 1. The molecule has 30 heavy (non-hydrogen) atoms. The van der Waals surface area contributed by atoms with Crippen LogP contribution in [0.1, 0.15) is 5.89 Å². The number of carbonyl (C=O) groups excluding carboxylic acids is 1. The SMILES string of the molecule is O=C([O-])COc1cccc(OCc2nc(-c3ccccc3)c(-c3ccccc3)o2)c1. The lowest BCUT2D eigenvalue weighted by molar-refractivity contribution is -0.307. The summed E-state index contributed by atoms with van der Waals surface area (Å²) in [6.07, 6.45) is 0. The molecule has 3 aromatic carbocycles. The minimum Gasteiger partial charge on any atom is -0.546 e. The molecule has 0 spiro atoms. The summed E-state index contributed by atoms with van der Waals surface area (Å²) in [6, 6.07) is 26.3. The molecular weight excluding hydrogens is 382 g/mol. The summed E-state index contributed by atoms with van der Waals surface area (Å²) >= 11 is 0. The molecular formula is C24H18NO5-. The van der Waals surface area contributed by atoms with Crippen molar-refractivity contribution in [1.82, 2.24) is 4.98 Å². The number of carboxylic acid groups (broad SMARTS) is 1. The molecule has 4 aromatic rings. The number of ether oxygens (including phenoxy) is 2. The number of aromatic nitrogens is 1. The molecule has 0 aliphatic heterocycles. The molecule has 150 valence electrons. The highest BCUT2D eigenvalue weighted by Crippen LogP contribution is 2.33. The van der Waals surface area contributed by atoms with E-state index < -0.39 is 12.6 Å². The molecule has 0 saturated carbocycles. The zero-order valence-electron chi connectivity index (χ0n) is 16.0. The van der Waals surface area contributed by atoms with Crippen LogP contribution in [0.25, 0.3) is 22.6 Å². The third kappa shape index (κ3) is 4.67. The molecule has 6 nitrogen and oxygen atoms in total. The van der Waals surface area contributed by atoms with E-state index >= 15 is 0 Å². The minimum atomic E-state index is -1.29. The van der Waals surface area contributed by atoms with E-state index in [2.05, 4.69) is 4.98 Å². The summed E-state index contributed by atoms with van der Waals surface area (Å²) in [5.74, 6) is 0.689. The quantitative estimate of drug-likeness (QED) is 0.448. The summed E-state index contributed by atoms with van der Waals surface area (Å²) in [4.78, 5) is 15.2. The molecule has 0 saturated heterocycles. The Kier molecular flexibility index (Phi) is 5.75. The maximum absolute atomic E-state index is 10.5. The van der Waals surface area contributed by atoms with E-state index in [1.54, 1.807) is 24.3 Å².